The zero-order valence-electron chi connectivity index (χ0n) is 18.9. The number of anilines is 1. The van der Waals surface area contributed by atoms with Crippen LogP contribution in [0, 0.1) is 6.92 Å². The highest BCUT2D eigenvalue weighted by atomic mass is 16.5. The fraction of sp³-hybridized carbons (Fsp3) is 0.231. The van der Waals surface area contributed by atoms with Gasteiger partial charge in [0.25, 0.3) is 0 Å². The Hall–Kier alpha value is -4.04. The van der Waals surface area contributed by atoms with Gasteiger partial charge in [-0.3, -0.25) is 0 Å². The summed E-state index contributed by atoms with van der Waals surface area (Å²) in [5.74, 6) is 2.38. The smallest absolute Gasteiger partial charge is 0.179 e. The minimum absolute atomic E-state index is 0.415. The molecule has 8 nitrogen and oxygen atoms in total. The number of hydrogen-bond acceptors (Lipinski definition) is 7. The molecule has 4 heterocycles. The summed E-state index contributed by atoms with van der Waals surface area (Å²) in [6.07, 6.45) is 0. The summed E-state index contributed by atoms with van der Waals surface area (Å²) < 4.78 is 13.3. The van der Waals surface area contributed by atoms with Gasteiger partial charge in [0.2, 0.25) is 0 Å². The molecule has 0 amide bonds. The number of rotatable bonds is 5. The van der Waals surface area contributed by atoms with Crippen LogP contribution in [0.4, 0.5) is 11.6 Å². The van der Waals surface area contributed by atoms with Gasteiger partial charge < -0.3 is 14.1 Å². The minimum Gasteiger partial charge on any atom is -0.461 e. The number of para-hydroxylation sites is 1. The topological polar surface area (TPSA) is 80.5 Å². The predicted molar refractivity (Wildman–Crippen MR) is 131 cm³/mol. The van der Waals surface area contributed by atoms with Crippen LogP contribution < -0.4 is 4.90 Å². The first-order valence-electron chi connectivity index (χ1n) is 11.4. The van der Waals surface area contributed by atoms with E-state index in [4.69, 9.17) is 19.2 Å². The molecule has 0 saturated carbocycles. The Morgan fingerprint density at radius 1 is 0.971 bits per heavy atom. The molecular weight excluding hydrogens is 428 g/mol. The van der Waals surface area contributed by atoms with E-state index in [9.17, 15) is 0 Å². The van der Waals surface area contributed by atoms with Crippen LogP contribution in [0.15, 0.2) is 81.4 Å². The van der Waals surface area contributed by atoms with Gasteiger partial charge in [0.15, 0.2) is 11.5 Å². The van der Waals surface area contributed by atoms with Crippen molar-refractivity contribution >= 4 is 28.3 Å². The van der Waals surface area contributed by atoms with E-state index in [1.807, 2.05) is 78.2 Å². The lowest BCUT2D eigenvalue weighted by molar-refractivity contribution is 0.122. The first-order chi connectivity index (χ1) is 16.7. The maximum atomic E-state index is 5.86. The Labute approximate surface area is 196 Å². The second-order valence-electron chi connectivity index (χ2n) is 8.33. The highest BCUT2D eigenvalue weighted by Crippen LogP contribution is 2.28. The van der Waals surface area contributed by atoms with Gasteiger partial charge in [0, 0.05) is 41.7 Å². The van der Waals surface area contributed by atoms with E-state index in [0.29, 0.717) is 25.6 Å². The lowest BCUT2D eigenvalue weighted by Gasteiger charge is -2.28. The molecule has 0 unspecified atom stereocenters. The summed E-state index contributed by atoms with van der Waals surface area (Å²) >= 11 is 0. The number of benzene rings is 2. The fourth-order valence-electron chi connectivity index (χ4n) is 4.33. The highest BCUT2D eigenvalue weighted by Gasteiger charge is 2.18. The van der Waals surface area contributed by atoms with Gasteiger partial charge in [0.05, 0.1) is 25.5 Å². The summed E-state index contributed by atoms with van der Waals surface area (Å²) in [5.41, 5.74) is 4.52. The van der Waals surface area contributed by atoms with Crippen molar-refractivity contribution in [2.45, 2.75) is 13.5 Å². The predicted octanol–water partition coefficient (Wildman–Crippen LogP) is 5.57. The monoisotopic (exact) mass is 452 g/mol. The number of aryl methyl sites for hydroxylation is 1. The largest absolute Gasteiger partial charge is 0.461 e. The number of ether oxygens (including phenoxy) is 1. The number of furan rings is 1. The SMILES string of the molecule is Cc1cc2cccc(CN=Nc3cc(N4CCOCC4)n4nc(-c5ccccc5)cc4n3)c2o1. The molecule has 1 aliphatic rings. The van der Waals surface area contributed by atoms with E-state index in [-0.39, 0.29) is 0 Å². The van der Waals surface area contributed by atoms with Crippen molar-refractivity contribution in [3.05, 3.63) is 78.1 Å². The molecule has 0 bridgehead atoms. The van der Waals surface area contributed by atoms with Crippen molar-refractivity contribution in [2.24, 2.45) is 10.2 Å². The number of fused-ring (bicyclic) bond motifs is 2. The molecule has 34 heavy (non-hydrogen) atoms. The Morgan fingerprint density at radius 2 is 1.82 bits per heavy atom. The second-order valence-corrected chi connectivity index (χ2v) is 8.33. The van der Waals surface area contributed by atoms with Crippen LogP contribution in [0.2, 0.25) is 0 Å². The van der Waals surface area contributed by atoms with Crippen molar-refractivity contribution in [2.75, 3.05) is 31.2 Å². The zero-order chi connectivity index (χ0) is 22.9. The molecule has 0 atom stereocenters. The van der Waals surface area contributed by atoms with Gasteiger partial charge in [-0.2, -0.15) is 14.7 Å². The van der Waals surface area contributed by atoms with Gasteiger partial charge in [-0.05, 0) is 13.0 Å². The van der Waals surface area contributed by atoms with Crippen molar-refractivity contribution < 1.29 is 9.15 Å². The van der Waals surface area contributed by atoms with Gasteiger partial charge in [-0.1, -0.05) is 48.5 Å². The van der Waals surface area contributed by atoms with Crippen LogP contribution in [0.25, 0.3) is 27.9 Å². The first kappa shape index (κ1) is 20.6. The van der Waals surface area contributed by atoms with Crippen molar-refractivity contribution in [1.29, 1.82) is 0 Å². The molecular formula is C26H24N6O2. The van der Waals surface area contributed by atoms with Gasteiger partial charge in [-0.25, -0.2) is 4.98 Å². The van der Waals surface area contributed by atoms with Crippen LogP contribution in [-0.2, 0) is 11.3 Å². The Balaban J connectivity index is 1.36. The van der Waals surface area contributed by atoms with E-state index in [1.54, 1.807) is 0 Å². The zero-order valence-corrected chi connectivity index (χ0v) is 18.9. The molecule has 1 aliphatic heterocycles. The van der Waals surface area contributed by atoms with Crippen LogP contribution in [0.1, 0.15) is 11.3 Å². The number of nitrogens with zero attached hydrogens (tertiary/aromatic N) is 6. The lowest BCUT2D eigenvalue weighted by Crippen LogP contribution is -2.37. The Kier molecular flexibility index (Phi) is 5.27. The summed E-state index contributed by atoms with van der Waals surface area (Å²) in [4.78, 5) is 6.99. The molecule has 0 N–H and O–H groups in total. The van der Waals surface area contributed by atoms with Gasteiger partial charge in [-0.15, -0.1) is 5.11 Å². The van der Waals surface area contributed by atoms with Gasteiger partial charge in [0.1, 0.15) is 17.2 Å². The molecule has 1 fully saturated rings. The Morgan fingerprint density at radius 3 is 2.68 bits per heavy atom. The number of morpholine rings is 1. The molecule has 0 spiro atoms. The van der Waals surface area contributed by atoms with Gasteiger partial charge >= 0.3 is 0 Å². The molecule has 170 valence electrons. The van der Waals surface area contributed by atoms with E-state index in [2.05, 4.69) is 15.1 Å². The number of aromatic nitrogens is 3. The lowest BCUT2D eigenvalue weighted by atomic mass is 10.1. The number of hydrogen-bond donors (Lipinski definition) is 0. The fourth-order valence-corrected chi connectivity index (χ4v) is 4.33. The summed E-state index contributed by atoms with van der Waals surface area (Å²) in [6, 6.07) is 22.2. The molecule has 3 aromatic heterocycles. The quantitative estimate of drug-likeness (QED) is 0.326. The van der Waals surface area contributed by atoms with Crippen molar-refractivity contribution in [3.8, 4) is 11.3 Å². The number of azo groups is 1. The minimum atomic E-state index is 0.415. The van der Waals surface area contributed by atoms with E-state index < -0.39 is 0 Å². The molecule has 1 saturated heterocycles. The summed E-state index contributed by atoms with van der Waals surface area (Å²) in [6.45, 7) is 5.30. The maximum Gasteiger partial charge on any atom is 0.179 e. The third-order valence-electron chi connectivity index (χ3n) is 5.96. The molecule has 0 radical (unpaired) electrons. The molecule has 5 aromatic rings. The van der Waals surface area contributed by atoms with Crippen LogP contribution in [-0.4, -0.2) is 40.9 Å². The van der Waals surface area contributed by atoms with E-state index in [0.717, 1.165) is 58.1 Å². The summed E-state index contributed by atoms with van der Waals surface area (Å²) in [7, 11) is 0. The third-order valence-corrected chi connectivity index (χ3v) is 5.96. The molecule has 2 aromatic carbocycles. The van der Waals surface area contributed by atoms with Crippen molar-refractivity contribution in [3.63, 3.8) is 0 Å². The first-order valence-corrected chi connectivity index (χ1v) is 11.4. The second kappa shape index (κ2) is 8.72. The van der Waals surface area contributed by atoms with Crippen LogP contribution in [0.5, 0.6) is 0 Å². The van der Waals surface area contributed by atoms with Crippen molar-refractivity contribution in [1.82, 2.24) is 14.6 Å². The van der Waals surface area contributed by atoms with Crippen LogP contribution in [0.3, 0.4) is 0 Å². The highest BCUT2D eigenvalue weighted by molar-refractivity contribution is 5.81. The standard InChI is InChI=1S/C26H24N6O2/c1-18-14-20-8-5-9-21(26(20)34-18)17-27-29-23-16-25(31-10-12-33-13-11-31)32-24(28-23)15-22(30-32)19-6-3-2-4-7-19/h2-9,14-16H,10-13,17H2,1H3. The molecule has 8 heteroatoms. The average molecular weight is 453 g/mol. The normalized spacial score (nSPS) is 14.6. The summed E-state index contributed by atoms with van der Waals surface area (Å²) in [5, 5.41) is 14.9. The third kappa shape index (κ3) is 3.92. The molecule has 6 rings (SSSR count). The Bertz CT molecular complexity index is 1480. The van der Waals surface area contributed by atoms with E-state index >= 15 is 0 Å². The maximum absolute atomic E-state index is 5.86. The van der Waals surface area contributed by atoms with E-state index in [1.165, 1.54) is 0 Å². The van der Waals surface area contributed by atoms with Crippen LogP contribution >= 0.6 is 0 Å². The average Bonchev–Trinajstić information content (AvgIpc) is 3.48. The molecule has 0 aliphatic carbocycles.